The molecule has 0 bridgehead atoms. The second-order valence-electron chi connectivity index (χ2n) is 13.1. The first-order chi connectivity index (χ1) is 14.4. The molecule has 0 spiro atoms. The quantitative estimate of drug-likeness (QED) is 0.609. The van der Waals surface area contributed by atoms with Crippen LogP contribution in [0.25, 0.3) is 0 Å². The number of nitrogens with zero attached hydrogens (tertiary/aromatic N) is 1. The molecule has 30 heavy (non-hydrogen) atoms. The third-order valence-corrected chi connectivity index (χ3v) is 12.0. The molecule has 13 atom stereocenters. The van der Waals surface area contributed by atoms with E-state index in [-0.39, 0.29) is 17.6 Å². The number of aliphatic hydroxyl groups excluding tert-OH is 2. The Morgan fingerprint density at radius 2 is 1.53 bits per heavy atom. The molecule has 2 saturated heterocycles. The number of rotatable bonds is 0. The van der Waals surface area contributed by atoms with Crippen molar-refractivity contribution in [2.75, 3.05) is 13.1 Å². The average Bonchev–Trinajstić information content (AvgIpc) is 3.09. The molecule has 0 aromatic rings. The van der Waals surface area contributed by atoms with Crippen molar-refractivity contribution in [2.45, 2.75) is 96.8 Å². The zero-order valence-electron chi connectivity index (χ0n) is 19.5. The molecule has 0 aromatic carbocycles. The number of hydrogen-bond acceptors (Lipinski definition) is 3. The van der Waals surface area contributed by atoms with Gasteiger partial charge in [0.2, 0.25) is 0 Å². The van der Waals surface area contributed by atoms with Crippen molar-refractivity contribution in [3.8, 4) is 0 Å². The molecule has 0 aromatic heterocycles. The molecule has 0 radical (unpaired) electrons. The fourth-order valence-corrected chi connectivity index (χ4v) is 10.6. The molecule has 6 fully saturated rings. The van der Waals surface area contributed by atoms with Crippen molar-refractivity contribution in [2.24, 2.45) is 58.7 Å². The fraction of sp³-hybridized carbons (Fsp3) is 1.00. The van der Waals surface area contributed by atoms with Gasteiger partial charge in [-0.2, -0.15) is 0 Å². The molecule has 2 N–H and O–H groups in total. The van der Waals surface area contributed by atoms with Gasteiger partial charge in [0.05, 0.1) is 12.2 Å². The van der Waals surface area contributed by atoms with Gasteiger partial charge < -0.3 is 10.2 Å². The van der Waals surface area contributed by atoms with Crippen LogP contribution in [0.4, 0.5) is 0 Å². The van der Waals surface area contributed by atoms with Crippen LogP contribution >= 0.6 is 0 Å². The van der Waals surface area contributed by atoms with Gasteiger partial charge in [-0.05, 0) is 116 Å². The number of piperidine rings is 2. The molecule has 3 nitrogen and oxygen atoms in total. The molecule has 2 aliphatic heterocycles. The SMILES string of the molecule is C[C@H]1CC[C@H]2[C@H](C)[C@@H]3CC[C@@H]4[C@@H](C[C@H]5[C@H]4C[C@@H](O)[C@H]4C[C@@H](O)CC[C@@]45C)[C@@H]3CN2C1. The molecular formula is C27H45NO2. The minimum atomic E-state index is -0.181. The summed E-state index contributed by atoms with van der Waals surface area (Å²) in [7, 11) is 0. The maximum atomic E-state index is 11.2. The van der Waals surface area contributed by atoms with Crippen LogP contribution in [0.5, 0.6) is 0 Å². The van der Waals surface area contributed by atoms with Crippen LogP contribution in [-0.2, 0) is 0 Å². The van der Waals surface area contributed by atoms with Crippen LogP contribution in [0, 0.1) is 58.7 Å². The van der Waals surface area contributed by atoms with E-state index < -0.39 is 0 Å². The Kier molecular flexibility index (Phi) is 4.91. The lowest BCUT2D eigenvalue weighted by Crippen LogP contribution is -2.58. The molecule has 6 aliphatic rings. The highest BCUT2D eigenvalue weighted by molar-refractivity contribution is 5.12. The molecule has 6 rings (SSSR count). The highest BCUT2D eigenvalue weighted by Crippen LogP contribution is 2.67. The van der Waals surface area contributed by atoms with Gasteiger partial charge in [-0.25, -0.2) is 0 Å². The predicted octanol–water partition coefficient (Wildman–Crippen LogP) is 4.56. The van der Waals surface area contributed by atoms with Gasteiger partial charge in [-0.1, -0.05) is 20.8 Å². The summed E-state index contributed by atoms with van der Waals surface area (Å²) in [5, 5.41) is 21.5. The van der Waals surface area contributed by atoms with E-state index in [0.717, 1.165) is 79.1 Å². The van der Waals surface area contributed by atoms with Crippen molar-refractivity contribution < 1.29 is 10.2 Å². The van der Waals surface area contributed by atoms with E-state index in [2.05, 4.69) is 25.7 Å². The van der Waals surface area contributed by atoms with E-state index in [4.69, 9.17) is 0 Å². The summed E-state index contributed by atoms with van der Waals surface area (Å²) in [5.41, 5.74) is 0.261. The summed E-state index contributed by atoms with van der Waals surface area (Å²) in [6.45, 7) is 10.3. The largest absolute Gasteiger partial charge is 0.393 e. The summed E-state index contributed by atoms with van der Waals surface area (Å²) in [4.78, 5) is 2.92. The van der Waals surface area contributed by atoms with E-state index in [0.29, 0.717) is 5.92 Å². The first kappa shape index (κ1) is 20.5. The Bertz CT molecular complexity index is 665. The number of fused-ring (bicyclic) bond motifs is 8. The number of hydrogen-bond donors (Lipinski definition) is 2. The minimum Gasteiger partial charge on any atom is -0.393 e. The van der Waals surface area contributed by atoms with Gasteiger partial charge in [0.15, 0.2) is 0 Å². The third-order valence-electron chi connectivity index (χ3n) is 12.0. The summed E-state index contributed by atoms with van der Waals surface area (Å²) in [6, 6.07) is 0.853. The Hall–Kier alpha value is -0.120. The Labute approximate surface area is 184 Å². The van der Waals surface area contributed by atoms with Crippen LogP contribution in [0.3, 0.4) is 0 Å². The van der Waals surface area contributed by atoms with E-state index >= 15 is 0 Å². The standard InChI is InChI=1S/C27H45NO2/c1-15-4-7-25-16(2)18-5-6-19-20(22(18)14-28(25)13-15)11-23-21(19)12-26(30)24-10-17(29)8-9-27(23,24)3/h15-26,29-30H,4-14H2,1-3H3/t15-,16+,17-,18-,19+,20+,21-,22+,23-,24+,25-,26+,27+/m0/s1. The van der Waals surface area contributed by atoms with Gasteiger partial charge in [0.1, 0.15) is 0 Å². The van der Waals surface area contributed by atoms with Crippen LogP contribution < -0.4 is 0 Å². The fourth-order valence-electron chi connectivity index (χ4n) is 10.6. The maximum Gasteiger partial charge on any atom is 0.0577 e. The summed E-state index contributed by atoms with van der Waals surface area (Å²) < 4.78 is 0. The normalized spacial score (nSPS) is 60.7. The second kappa shape index (κ2) is 7.19. The summed E-state index contributed by atoms with van der Waals surface area (Å²) >= 11 is 0. The van der Waals surface area contributed by atoms with Crippen molar-refractivity contribution in [3.63, 3.8) is 0 Å². The second-order valence-corrected chi connectivity index (χ2v) is 13.1. The first-order valence-corrected chi connectivity index (χ1v) is 13.5. The Morgan fingerprint density at radius 3 is 2.37 bits per heavy atom. The third kappa shape index (κ3) is 2.86. The van der Waals surface area contributed by atoms with E-state index in [9.17, 15) is 10.2 Å². The van der Waals surface area contributed by atoms with Crippen LogP contribution in [-0.4, -0.2) is 46.5 Å². The van der Waals surface area contributed by atoms with Gasteiger partial charge in [0.25, 0.3) is 0 Å². The van der Waals surface area contributed by atoms with E-state index in [1.165, 1.54) is 45.2 Å². The molecule has 3 heteroatoms. The highest BCUT2D eigenvalue weighted by atomic mass is 16.3. The monoisotopic (exact) mass is 415 g/mol. The summed E-state index contributed by atoms with van der Waals surface area (Å²) in [6.07, 6.45) is 10.7. The van der Waals surface area contributed by atoms with Gasteiger partial charge in [-0.15, -0.1) is 0 Å². The molecule has 2 heterocycles. The zero-order chi connectivity index (χ0) is 20.8. The van der Waals surface area contributed by atoms with Gasteiger partial charge in [-0.3, -0.25) is 4.90 Å². The first-order valence-electron chi connectivity index (χ1n) is 13.5. The van der Waals surface area contributed by atoms with Crippen molar-refractivity contribution in [3.05, 3.63) is 0 Å². The molecular weight excluding hydrogens is 370 g/mol. The summed E-state index contributed by atoms with van der Waals surface area (Å²) in [5.74, 6) is 7.22. The average molecular weight is 416 g/mol. The molecule has 170 valence electrons. The van der Waals surface area contributed by atoms with Crippen molar-refractivity contribution >= 4 is 0 Å². The van der Waals surface area contributed by atoms with Gasteiger partial charge in [0, 0.05) is 19.1 Å². The maximum absolute atomic E-state index is 11.2. The van der Waals surface area contributed by atoms with Crippen molar-refractivity contribution in [1.29, 1.82) is 0 Å². The lowest BCUT2D eigenvalue weighted by molar-refractivity contribution is -0.130. The smallest absolute Gasteiger partial charge is 0.0577 e. The van der Waals surface area contributed by atoms with Crippen LogP contribution in [0.2, 0.25) is 0 Å². The van der Waals surface area contributed by atoms with E-state index in [1.807, 2.05) is 0 Å². The Balaban J connectivity index is 1.28. The topological polar surface area (TPSA) is 43.7 Å². The molecule has 0 amide bonds. The Morgan fingerprint density at radius 1 is 0.733 bits per heavy atom. The lowest BCUT2D eigenvalue weighted by Gasteiger charge is -2.56. The van der Waals surface area contributed by atoms with Crippen LogP contribution in [0.1, 0.15) is 78.6 Å². The minimum absolute atomic E-state index is 0.180. The lowest BCUT2D eigenvalue weighted by atomic mass is 9.51. The predicted molar refractivity (Wildman–Crippen MR) is 120 cm³/mol. The molecule has 4 aliphatic carbocycles. The highest BCUT2D eigenvalue weighted by Gasteiger charge is 2.62. The van der Waals surface area contributed by atoms with Gasteiger partial charge >= 0.3 is 0 Å². The molecule has 4 saturated carbocycles. The van der Waals surface area contributed by atoms with E-state index in [1.54, 1.807) is 0 Å². The zero-order valence-corrected chi connectivity index (χ0v) is 19.5. The number of aliphatic hydroxyl groups is 2. The van der Waals surface area contributed by atoms with Crippen LogP contribution in [0.15, 0.2) is 0 Å². The molecule has 0 unspecified atom stereocenters. The van der Waals surface area contributed by atoms with Crippen molar-refractivity contribution in [1.82, 2.24) is 4.90 Å².